The zero-order valence-electron chi connectivity index (χ0n) is 19.8. The predicted octanol–water partition coefficient (Wildman–Crippen LogP) is 5.97. The van der Waals surface area contributed by atoms with E-state index in [1.54, 1.807) is 20.2 Å². The van der Waals surface area contributed by atoms with E-state index in [0.717, 1.165) is 27.6 Å². The van der Waals surface area contributed by atoms with Gasteiger partial charge in [-0.2, -0.15) is 0 Å². The molecule has 0 aromatic heterocycles. The van der Waals surface area contributed by atoms with E-state index < -0.39 is 6.09 Å². The lowest BCUT2D eigenvalue weighted by Gasteiger charge is -2.12. The molecule has 0 saturated heterocycles. The summed E-state index contributed by atoms with van der Waals surface area (Å²) in [5.74, 6) is 0. The molecule has 3 aromatic carbocycles. The number of hydrogen-bond donors (Lipinski definition) is 1. The minimum absolute atomic E-state index is 0.307. The van der Waals surface area contributed by atoms with Crippen molar-refractivity contribution in [2.24, 2.45) is 0 Å². The maximum absolute atomic E-state index is 11.9. The van der Waals surface area contributed by atoms with Gasteiger partial charge in [-0.3, -0.25) is 10.1 Å². The number of nitrogens with zero attached hydrogens (tertiary/aromatic N) is 1. The van der Waals surface area contributed by atoms with Crippen molar-refractivity contribution < 1.29 is 19.1 Å². The van der Waals surface area contributed by atoms with Gasteiger partial charge in [0.1, 0.15) is 0 Å². The first kappa shape index (κ1) is 27.1. The van der Waals surface area contributed by atoms with E-state index >= 15 is 0 Å². The van der Waals surface area contributed by atoms with Gasteiger partial charge in [0, 0.05) is 37.3 Å². The van der Waals surface area contributed by atoms with Gasteiger partial charge >= 0.3 is 6.09 Å². The molecular weight excluding hydrogens is 496 g/mol. The highest BCUT2D eigenvalue weighted by molar-refractivity contribution is 9.10. The first-order valence-electron chi connectivity index (χ1n) is 10.9. The van der Waals surface area contributed by atoms with E-state index in [2.05, 4.69) is 21.2 Å². The largest absolute Gasteiger partial charge is 0.449 e. The molecule has 0 saturated carbocycles. The summed E-state index contributed by atoms with van der Waals surface area (Å²) in [4.78, 5) is 24.1. The number of rotatable bonds is 9. The molecule has 6 nitrogen and oxygen atoms in total. The van der Waals surface area contributed by atoms with Crippen LogP contribution in [0.3, 0.4) is 0 Å². The van der Waals surface area contributed by atoms with E-state index in [1.807, 2.05) is 73.7 Å². The van der Waals surface area contributed by atoms with Crippen molar-refractivity contribution in [3.63, 3.8) is 0 Å². The fourth-order valence-corrected chi connectivity index (χ4v) is 3.64. The fourth-order valence-electron chi connectivity index (χ4n) is 3.16. The fraction of sp³-hybridized carbons (Fsp3) is 0.259. The summed E-state index contributed by atoms with van der Waals surface area (Å²) in [5.41, 5.74) is 5.10. The molecule has 0 aliphatic heterocycles. The topological polar surface area (TPSA) is 67.9 Å². The molecule has 2 amide bonds. The van der Waals surface area contributed by atoms with Crippen LogP contribution >= 0.6 is 15.9 Å². The van der Waals surface area contributed by atoms with Gasteiger partial charge in [-0.1, -0.05) is 64.5 Å². The molecule has 0 heterocycles. The number of aryl methyl sites for hydroxylation is 1. The molecule has 3 aromatic rings. The Bertz CT molecular complexity index is 1040. The third-order valence-corrected chi connectivity index (χ3v) is 5.34. The van der Waals surface area contributed by atoms with Gasteiger partial charge in [-0.15, -0.1) is 0 Å². The first-order valence-corrected chi connectivity index (χ1v) is 11.7. The van der Waals surface area contributed by atoms with Gasteiger partial charge in [0.2, 0.25) is 6.41 Å². The molecule has 7 heteroatoms. The summed E-state index contributed by atoms with van der Waals surface area (Å²) in [6, 6.07) is 23.5. The Balaban J connectivity index is 0.000000379. The van der Waals surface area contributed by atoms with Crippen LogP contribution in [0.15, 0.2) is 77.3 Å². The highest BCUT2D eigenvalue weighted by Gasteiger charge is 2.06. The maximum atomic E-state index is 11.9. The lowest BCUT2D eigenvalue weighted by Crippen LogP contribution is -2.17. The minimum atomic E-state index is -0.490. The number of benzene rings is 3. The third-order valence-electron chi connectivity index (χ3n) is 4.85. The van der Waals surface area contributed by atoms with Crippen molar-refractivity contribution in [1.29, 1.82) is 0 Å². The smallest absolute Gasteiger partial charge is 0.411 e. The molecule has 0 radical (unpaired) electrons. The number of carbonyl (C=O) groups excluding carboxylic acids is 2. The Labute approximate surface area is 210 Å². The van der Waals surface area contributed by atoms with Crippen molar-refractivity contribution in [1.82, 2.24) is 4.90 Å². The van der Waals surface area contributed by atoms with E-state index in [4.69, 9.17) is 9.47 Å². The molecule has 34 heavy (non-hydrogen) atoms. The van der Waals surface area contributed by atoms with Crippen LogP contribution in [0.5, 0.6) is 0 Å². The van der Waals surface area contributed by atoms with E-state index in [9.17, 15) is 9.59 Å². The molecule has 0 spiro atoms. The Morgan fingerprint density at radius 3 is 2.44 bits per heavy atom. The van der Waals surface area contributed by atoms with Gasteiger partial charge in [-0.05, 0) is 53.4 Å². The quantitative estimate of drug-likeness (QED) is 0.348. The van der Waals surface area contributed by atoms with Crippen LogP contribution in [0.4, 0.5) is 10.5 Å². The molecule has 180 valence electrons. The van der Waals surface area contributed by atoms with Gasteiger partial charge in [0.15, 0.2) is 0 Å². The van der Waals surface area contributed by atoms with Crippen molar-refractivity contribution in [3.05, 3.63) is 99.5 Å². The number of hydrogen-bond acceptors (Lipinski definition) is 4. The molecule has 3 rings (SSSR count). The van der Waals surface area contributed by atoms with Crippen LogP contribution in [-0.2, 0) is 33.8 Å². The van der Waals surface area contributed by atoms with Crippen LogP contribution in [0.1, 0.15) is 22.3 Å². The summed E-state index contributed by atoms with van der Waals surface area (Å²) in [5, 5.41) is 2.71. The minimum Gasteiger partial charge on any atom is -0.449 e. The van der Waals surface area contributed by atoms with E-state index in [1.165, 1.54) is 10.5 Å². The molecule has 0 atom stereocenters. The number of amides is 2. The molecule has 0 unspecified atom stereocenters. The molecule has 0 bridgehead atoms. The van der Waals surface area contributed by atoms with Crippen LogP contribution in [-0.4, -0.2) is 38.2 Å². The van der Waals surface area contributed by atoms with Gasteiger partial charge in [0.05, 0.1) is 13.2 Å². The van der Waals surface area contributed by atoms with Gasteiger partial charge in [0.25, 0.3) is 0 Å². The van der Waals surface area contributed by atoms with Crippen molar-refractivity contribution in [2.75, 3.05) is 26.1 Å². The number of carbonyl (C=O) groups is 2. The molecular formula is C27H31BrN2O4. The SMILES string of the molecule is COCc1ccccc1.Cc1cc(Br)ccc1CCOC(=O)Nc1cccc(CN(C)C=O)c1. The molecule has 0 aliphatic carbocycles. The average Bonchev–Trinajstić information content (AvgIpc) is 2.82. The monoisotopic (exact) mass is 526 g/mol. The highest BCUT2D eigenvalue weighted by Crippen LogP contribution is 2.16. The van der Waals surface area contributed by atoms with Crippen LogP contribution < -0.4 is 5.32 Å². The van der Waals surface area contributed by atoms with Crippen molar-refractivity contribution in [3.8, 4) is 0 Å². The molecule has 1 N–H and O–H groups in total. The van der Waals surface area contributed by atoms with Crippen molar-refractivity contribution in [2.45, 2.75) is 26.5 Å². The summed E-state index contributed by atoms with van der Waals surface area (Å²) in [6.45, 7) is 3.53. The van der Waals surface area contributed by atoms with Gasteiger partial charge < -0.3 is 14.4 Å². The summed E-state index contributed by atoms with van der Waals surface area (Å²) < 4.78 is 11.2. The lowest BCUT2D eigenvalue weighted by molar-refractivity contribution is -0.117. The number of methoxy groups -OCH3 is 1. The zero-order valence-corrected chi connectivity index (χ0v) is 21.4. The second-order valence-corrected chi connectivity index (χ2v) is 8.64. The Morgan fingerprint density at radius 2 is 1.76 bits per heavy atom. The summed E-state index contributed by atoms with van der Waals surface area (Å²) in [7, 11) is 3.40. The number of anilines is 1. The highest BCUT2D eigenvalue weighted by atomic mass is 79.9. The van der Waals surface area contributed by atoms with Gasteiger partial charge in [-0.25, -0.2) is 4.79 Å². The normalized spacial score (nSPS) is 10.0. The first-order chi connectivity index (χ1) is 16.4. The predicted molar refractivity (Wildman–Crippen MR) is 139 cm³/mol. The zero-order chi connectivity index (χ0) is 24.8. The average molecular weight is 527 g/mol. The van der Waals surface area contributed by atoms with Crippen LogP contribution in [0.2, 0.25) is 0 Å². The van der Waals surface area contributed by atoms with Crippen LogP contribution in [0.25, 0.3) is 0 Å². The second-order valence-electron chi connectivity index (χ2n) is 7.72. The summed E-state index contributed by atoms with van der Waals surface area (Å²) in [6.07, 6.45) is 0.936. The Kier molecular flexibility index (Phi) is 11.9. The van der Waals surface area contributed by atoms with E-state index in [-0.39, 0.29) is 0 Å². The second kappa shape index (κ2) is 14.9. The summed E-state index contributed by atoms with van der Waals surface area (Å²) >= 11 is 3.43. The van der Waals surface area contributed by atoms with E-state index in [0.29, 0.717) is 31.9 Å². The van der Waals surface area contributed by atoms with Crippen LogP contribution in [0, 0.1) is 6.92 Å². The van der Waals surface area contributed by atoms with Crippen molar-refractivity contribution >= 4 is 34.1 Å². The number of nitrogens with one attached hydrogen (secondary N) is 1. The Hall–Kier alpha value is -3.16. The third kappa shape index (κ3) is 10.2. The molecule has 0 aliphatic rings. The molecule has 0 fully saturated rings. The maximum Gasteiger partial charge on any atom is 0.411 e. The number of halogens is 1. The lowest BCUT2D eigenvalue weighted by atomic mass is 10.1. The standard InChI is InChI=1S/C19H21BrN2O3.C8H10O/c1-14-10-17(20)7-6-16(14)8-9-25-19(24)21-18-5-3-4-15(11-18)12-22(2)13-23;1-9-7-8-5-3-2-4-6-8/h3-7,10-11,13H,8-9,12H2,1-2H3,(H,21,24);2-6H,7H2,1H3. The number of ether oxygens (including phenoxy) is 2. The Morgan fingerprint density at radius 1 is 1.03 bits per heavy atom.